The molecule has 8 heteroatoms. The molecule has 25 heavy (non-hydrogen) atoms. The van der Waals surface area contributed by atoms with E-state index in [0.29, 0.717) is 37.0 Å². The largest absolute Gasteiger partial charge is 0.507 e. The van der Waals surface area contributed by atoms with Crippen LogP contribution in [0.2, 0.25) is 5.02 Å². The van der Waals surface area contributed by atoms with Crippen LogP contribution in [0.3, 0.4) is 0 Å². The number of morpholine rings is 1. The number of aromatic hydroxyl groups is 1. The molecule has 3 rings (SSSR count). The lowest BCUT2D eigenvalue weighted by molar-refractivity contribution is 0.123. The van der Waals surface area contributed by atoms with Crippen LogP contribution in [0.25, 0.3) is 0 Å². The van der Waals surface area contributed by atoms with Crippen LogP contribution in [0.5, 0.6) is 5.75 Å². The molecule has 0 amide bonds. The van der Waals surface area contributed by atoms with Gasteiger partial charge in [-0.15, -0.1) is 0 Å². The van der Waals surface area contributed by atoms with E-state index in [9.17, 15) is 13.5 Å². The highest BCUT2D eigenvalue weighted by Crippen LogP contribution is 2.33. The highest BCUT2D eigenvalue weighted by atomic mass is 35.5. The Kier molecular flexibility index (Phi) is 5.08. The van der Waals surface area contributed by atoms with E-state index in [1.54, 1.807) is 31.2 Å². The van der Waals surface area contributed by atoms with E-state index in [-0.39, 0.29) is 10.6 Å². The van der Waals surface area contributed by atoms with Crippen molar-refractivity contribution in [3.8, 4) is 5.75 Å². The molecule has 1 aliphatic heterocycles. The third-order valence-corrected chi connectivity index (χ3v) is 5.59. The van der Waals surface area contributed by atoms with Gasteiger partial charge in [-0.05, 0) is 42.8 Å². The standard InChI is InChI=1S/C17H19ClN2O4S/c1-12-2-5-16(21)17(10-12)25(22,23)19-14-11-13(18)3-4-15(14)20-6-8-24-9-7-20/h2-5,10-11,19,21H,6-9H2,1H3. The number of nitrogens with one attached hydrogen (secondary N) is 1. The lowest BCUT2D eigenvalue weighted by Crippen LogP contribution is -2.36. The van der Waals surface area contributed by atoms with Gasteiger partial charge >= 0.3 is 0 Å². The van der Waals surface area contributed by atoms with Crippen molar-refractivity contribution < 1.29 is 18.3 Å². The number of phenols is 1. The first kappa shape index (κ1) is 17.8. The fourth-order valence-corrected chi connectivity index (χ4v) is 4.13. The SMILES string of the molecule is Cc1ccc(O)c(S(=O)(=O)Nc2cc(Cl)ccc2N2CCOCC2)c1. The topological polar surface area (TPSA) is 78.9 Å². The van der Waals surface area contributed by atoms with Crippen LogP contribution in [-0.4, -0.2) is 39.8 Å². The second-order valence-corrected chi connectivity index (χ2v) is 7.92. The average molecular weight is 383 g/mol. The van der Waals surface area contributed by atoms with Gasteiger partial charge in [-0.1, -0.05) is 17.7 Å². The first-order valence-corrected chi connectivity index (χ1v) is 9.67. The molecule has 6 nitrogen and oxygen atoms in total. The number of halogens is 1. The van der Waals surface area contributed by atoms with E-state index in [1.807, 2.05) is 4.90 Å². The summed E-state index contributed by atoms with van der Waals surface area (Å²) in [7, 11) is -3.96. The summed E-state index contributed by atoms with van der Waals surface area (Å²) in [6.45, 7) is 4.23. The number of rotatable bonds is 4. The van der Waals surface area contributed by atoms with Gasteiger partial charge in [-0.25, -0.2) is 8.42 Å². The van der Waals surface area contributed by atoms with Crippen LogP contribution in [0.1, 0.15) is 5.56 Å². The normalized spacial score (nSPS) is 15.2. The summed E-state index contributed by atoms with van der Waals surface area (Å²) in [5, 5.41) is 10.4. The number of hydrogen-bond acceptors (Lipinski definition) is 5. The molecule has 0 unspecified atom stereocenters. The molecule has 2 aromatic rings. The highest BCUT2D eigenvalue weighted by Gasteiger charge is 2.22. The maximum Gasteiger partial charge on any atom is 0.265 e. The number of anilines is 2. The third-order valence-electron chi connectivity index (χ3n) is 3.96. The number of benzene rings is 2. The van der Waals surface area contributed by atoms with Gasteiger partial charge in [0, 0.05) is 18.1 Å². The minimum Gasteiger partial charge on any atom is -0.507 e. The van der Waals surface area contributed by atoms with Gasteiger partial charge in [-0.2, -0.15) is 0 Å². The fourth-order valence-electron chi connectivity index (χ4n) is 2.71. The van der Waals surface area contributed by atoms with Gasteiger partial charge in [0.15, 0.2) is 0 Å². The van der Waals surface area contributed by atoms with Crippen molar-refractivity contribution in [3.05, 3.63) is 47.0 Å². The van der Waals surface area contributed by atoms with Crippen LogP contribution in [-0.2, 0) is 14.8 Å². The zero-order valence-corrected chi connectivity index (χ0v) is 15.3. The smallest absolute Gasteiger partial charge is 0.265 e. The first-order chi connectivity index (χ1) is 11.9. The van der Waals surface area contributed by atoms with Crippen molar-refractivity contribution in [3.63, 3.8) is 0 Å². The summed E-state index contributed by atoms with van der Waals surface area (Å²) in [6, 6.07) is 9.50. The van der Waals surface area contributed by atoms with E-state index in [2.05, 4.69) is 4.72 Å². The van der Waals surface area contributed by atoms with Gasteiger partial charge < -0.3 is 14.7 Å². The van der Waals surface area contributed by atoms with Crippen molar-refractivity contribution in [2.75, 3.05) is 35.9 Å². The van der Waals surface area contributed by atoms with E-state index in [4.69, 9.17) is 16.3 Å². The van der Waals surface area contributed by atoms with Crippen LogP contribution in [0.15, 0.2) is 41.3 Å². The molecule has 134 valence electrons. The highest BCUT2D eigenvalue weighted by molar-refractivity contribution is 7.92. The summed E-state index contributed by atoms with van der Waals surface area (Å²) < 4.78 is 33.4. The van der Waals surface area contributed by atoms with Gasteiger partial charge in [-0.3, -0.25) is 4.72 Å². The molecular weight excluding hydrogens is 364 g/mol. The summed E-state index contributed by atoms with van der Waals surface area (Å²) in [5.74, 6) is -0.298. The Labute approximate surface area is 152 Å². The monoisotopic (exact) mass is 382 g/mol. The van der Waals surface area contributed by atoms with Crippen LogP contribution >= 0.6 is 11.6 Å². The quantitative estimate of drug-likeness (QED) is 0.849. The van der Waals surface area contributed by atoms with Gasteiger partial charge in [0.25, 0.3) is 10.0 Å². The Hall–Kier alpha value is -1.96. The molecule has 1 aliphatic rings. The molecule has 0 atom stereocenters. The minimum atomic E-state index is -3.96. The number of sulfonamides is 1. The summed E-state index contributed by atoms with van der Waals surface area (Å²) in [5.41, 5.74) is 1.83. The molecule has 2 aromatic carbocycles. The molecule has 1 saturated heterocycles. The molecule has 2 N–H and O–H groups in total. The zero-order chi connectivity index (χ0) is 18.0. The van der Waals surface area contributed by atoms with E-state index in [1.165, 1.54) is 12.1 Å². The Morgan fingerprint density at radius 3 is 2.60 bits per heavy atom. The predicted molar refractivity (Wildman–Crippen MR) is 98.1 cm³/mol. The molecule has 1 fully saturated rings. The predicted octanol–water partition coefficient (Wildman–Crippen LogP) is 2.99. The average Bonchev–Trinajstić information content (AvgIpc) is 2.57. The second-order valence-electron chi connectivity index (χ2n) is 5.84. The maximum absolute atomic E-state index is 12.8. The maximum atomic E-state index is 12.8. The summed E-state index contributed by atoms with van der Waals surface area (Å²) >= 11 is 6.06. The molecular formula is C17H19ClN2O4S. The number of nitrogens with zero attached hydrogens (tertiary/aromatic N) is 1. The van der Waals surface area contributed by atoms with Crippen molar-refractivity contribution in [2.24, 2.45) is 0 Å². The second kappa shape index (κ2) is 7.11. The van der Waals surface area contributed by atoms with Crippen LogP contribution in [0.4, 0.5) is 11.4 Å². The third kappa shape index (κ3) is 4.00. The fraction of sp³-hybridized carbons (Fsp3) is 0.294. The number of aryl methyl sites for hydroxylation is 1. The first-order valence-electron chi connectivity index (χ1n) is 7.81. The van der Waals surface area contributed by atoms with Gasteiger partial charge in [0.1, 0.15) is 10.6 Å². The number of ether oxygens (including phenoxy) is 1. The van der Waals surface area contributed by atoms with Crippen molar-refractivity contribution in [1.82, 2.24) is 0 Å². The van der Waals surface area contributed by atoms with E-state index >= 15 is 0 Å². The Bertz CT molecular complexity index is 880. The number of hydrogen-bond donors (Lipinski definition) is 2. The molecule has 1 heterocycles. The Morgan fingerprint density at radius 1 is 1.16 bits per heavy atom. The zero-order valence-electron chi connectivity index (χ0n) is 13.7. The van der Waals surface area contributed by atoms with Gasteiger partial charge in [0.05, 0.1) is 24.6 Å². The molecule has 0 bridgehead atoms. The van der Waals surface area contributed by atoms with Crippen molar-refractivity contribution >= 4 is 33.0 Å². The molecule has 0 radical (unpaired) electrons. The van der Waals surface area contributed by atoms with E-state index in [0.717, 1.165) is 11.3 Å². The summed E-state index contributed by atoms with van der Waals surface area (Å²) in [4.78, 5) is 1.87. The molecule has 0 aliphatic carbocycles. The van der Waals surface area contributed by atoms with Crippen LogP contribution < -0.4 is 9.62 Å². The van der Waals surface area contributed by atoms with Gasteiger partial charge in [0.2, 0.25) is 0 Å². The molecule has 0 saturated carbocycles. The minimum absolute atomic E-state index is 0.166. The van der Waals surface area contributed by atoms with Crippen molar-refractivity contribution in [1.29, 1.82) is 0 Å². The Morgan fingerprint density at radius 2 is 1.88 bits per heavy atom. The lowest BCUT2D eigenvalue weighted by atomic mass is 10.2. The molecule has 0 aromatic heterocycles. The summed E-state index contributed by atoms with van der Waals surface area (Å²) in [6.07, 6.45) is 0. The number of phenolic OH excluding ortho intramolecular Hbond substituents is 1. The lowest BCUT2D eigenvalue weighted by Gasteiger charge is -2.30. The van der Waals surface area contributed by atoms with Crippen molar-refractivity contribution in [2.45, 2.75) is 11.8 Å². The van der Waals surface area contributed by atoms with Crippen LogP contribution in [0, 0.1) is 6.92 Å². The van der Waals surface area contributed by atoms with E-state index < -0.39 is 10.0 Å². The molecule has 0 spiro atoms. The Balaban J connectivity index is 1.99.